The number of benzene rings is 2. The van der Waals surface area contributed by atoms with Crippen LogP contribution in [0.4, 0.5) is 0 Å². The minimum Gasteiger partial charge on any atom is -0.352 e. The van der Waals surface area contributed by atoms with Gasteiger partial charge in [-0.15, -0.1) is 0 Å². The van der Waals surface area contributed by atoms with Gasteiger partial charge in [-0.2, -0.15) is 0 Å². The van der Waals surface area contributed by atoms with Crippen LogP contribution in [0.15, 0.2) is 59.1 Å². The van der Waals surface area contributed by atoms with E-state index >= 15 is 0 Å². The van der Waals surface area contributed by atoms with Gasteiger partial charge in [-0.1, -0.05) is 84.6 Å². The highest BCUT2D eigenvalue weighted by Gasteiger charge is 2.31. The van der Waals surface area contributed by atoms with Gasteiger partial charge in [0.15, 0.2) is 0 Å². The molecule has 0 radical (unpaired) electrons. The summed E-state index contributed by atoms with van der Waals surface area (Å²) in [4.78, 5) is 28.5. The second-order valence-electron chi connectivity index (χ2n) is 8.45. The third-order valence-electron chi connectivity index (χ3n) is 5.93. The van der Waals surface area contributed by atoms with E-state index in [2.05, 4.69) is 21.2 Å². The molecular weight excluding hydrogens is 452 g/mol. The average Bonchev–Trinajstić information content (AvgIpc) is 2.77. The van der Waals surface area contributed by atoms with E-state index < -0.39 is 6.04 Å². The monoisotopic (exact) mass is 484 g/mol. The molecule has 1 fully saturated rings. The summed E-state index contributed by atoms with van der Waals surface area (Å²) in [5.74, 6) is -0.00240. The molecule has 0 saturated heterocycles. The van der Waals surface area contributed by atoms with Gasteiger partial charge < -0.3 is 10.2 Å². The summed E-state index contributed by atoms with van der Waals surface area (Å²) >= 11 is 3.52. The molecule has 166 valence electrons. The molecule has 2 amide bonds. The molecule has 1 aliphatic carbocycles. The van der Waals surface area contributed by atoms with Crippen molar-refractivity contribution in [3.05, 3.63) is 70.2 Å². The summed E-state index contributed by atoms with van der Waals surface area (Å²) < 4.78 is 0.971. The first kappa shape index (κ1) is 23.5. The summed E-state index contributed by atoms with van der Waals surface area (Å²) in [6, 6.07) is 17.7. The van der Waals surface area contributed by atoms with E-state index in [1.54, 1.807) is 4.90 Å². The molecule has 1 aliphatic rings. The fourth-order valence-electron chi connectivity index (χ4n) is 4.29. The first-order valence-corrected chi connectivity index (χ1v) is 12.2. The molecule has 0 aliphatic heterocycles. The zero-order valence-electron chi connectivity index (χ0n) is 18.4. The molecule has 0 unspecified atom stereocenters. The van der Waals surface area contributed by atoms with E-state index in [0.29, 0.717) is 19.4 Å². The summed E-state index contributed by atoms with van der Waals surface area (Å²) in [5, 5.41) is 3.27. The van der Waals surface area contributed by atoms with Crippen molar-refractivity contribution in [2.75, 3.05) is 0 Å². The van der Waals surface area contributed by atoms with Crippen molar-refractivity contribution >= 4 is 27.7 Å². The summed E-state index contributed by atoms with van der Waals surface area (Å²) in [6.45, 7) is 2.43. The molecular formula is C26H33BrN2O2. The topological polar surface area (TPSA) is 49.4 Å². The third kappa shape index (κ3) is 7.20. The largest absolute Gasteiger partial charge is 0.352 e. The molecule has 0 bridgehead atoms. The molecule has 2 aromatic carbocycles. The van der Waals surface area contributed by atoms with Gasteiger partial charge in [0.05, 0.1) is 0 Å². The first-order valence-electron chi connectivity index (χ1n) is 11.4. The predicted molar refractivity (Wildman–Crippen MR) is 129 cm³/mol. The zero-order chi connectivity index (χ0) is 22.1. The standard InChI is InChI=1S/C26H33BrN2O2/c1-2-10-25(30)29(19-21-13-9-14-22(27)17-21)24(18-20-11-5-3-6-12-20)26(31)28-23-15-7-4-8-16-23/h3,5-6,9,11-14,17,23-24H,2,4,7-8,10,15-16,18-19H2,1H3,(H,28,31)/t24-/m1/s1. The highest BCUT2D eigenvalue weighted by atomic mass is 79.9. The van der Waals surface area contributed by atoms with Gasteiger partial charge in [-0.3, -0.25) is 9.59 Å². The van der Waals surface area contributed by atoms with Crippen LogP contribution in [-0.4, -0.2) is 28.8 Å². The van der Waals surface area contributed by atoms with Crippen molar-refractivity contribution < 1.29 is 9.59 Å². The van der Waals surface area contributed by atoms with Crippen LogP contribution >= 0.6 is 15.9 Å². The Labute approximate surface area is 194 Å². The Morgan fingerprint density at radius 1 is 1.03 bits per heavy atom. The van der Waals surface area contributed by atoms with Crippen molar-refractivity contribution in [2.24, 2.45) is 0 Å². The third-order valence-corrected chi connectivity index (χ3v) is 6.42. The molecule has 3 rings (SSSR count). The SMILES string of the molecule is CCCC(=O)N(Cc1cccc(Br)c1)[C@H](Cc1ccccc1)C(=O)NC1CCCCC1. The number of carbonyl (C=O) groups is 2. The molecule has 4 nitrogen and oxygen atoms in total. The Hall–Kier alpha value is -2.14. The molecule has 0 spiro atoms. The van der Waals surface area contributed by atoms with Crippen molar-refractivity contribution in [1.29, 1.82) is 0 Å². The quantitative estimate of drug-likeness (QED) is 0.500. The van der Waals surface area contributed by atoms with Crippen LogP contribution in [0.25, 0.3) is 0 Å². The number of hydrogen-bond acceptors (Lipinski definition) is 2. The van der Waals surface area contributed by atoms with Crippen LogP contribution in [0.3, 0.4) is 0 Å². The van der Waals surface area contributed by atoms with Crippen LogP contribution in [0.1, 0.15) is 63.0 Å². The molecule has 1 N–H and O–H groups in total. The maximum Gasteiger partial charge on any atom is 0.243 e. The van der Waals surface area contributed by atoms with Gasteiger partial charge in [0, 0.05) is 29.9 Å². The Kier molecular flexibility index (Phi) is 9.13. The average molecular weight is 485 g/mol. The van der Waals surface area contributed by atoms with Crippen molar-refractivity contribution in [1.82, 2.24) is 10.2 Å². The number of halogens is 1. The van der Waals surface area contributed by atoms with E-state index in [9.17, 15) is 9.59 Å². The lowest BCUT2D eigenvalue weighted by Gasteiger charge is -2.33. The lowest BCUT2D eigenvalue weighted by atomic mass is 9.94. The summed E-state index contributed by atoms with van der Waals surface area (Å²) in [6.07, 6.45) is 7.32. The highest BCUT2D eigenvalue weighted by molar-refractivity contribution is 9.10. The predicted octanol–water partition coefficient (Wildman–Crippen LogP) is 5.64. The maximum atomic E-state index is 13.5. The van der Waals surface area contributed by atoms with Gasteiger partial charge in [0.2, 0.25) is 11.8 Å². The van der Waals surface area contributed by atoms with Crippen molar-refractivity contribution in [2.45, 2.75) is 76.9 Å². The first-order chi connectivity index (χ1) is 15.1. The van der Waals surface area contributed by atoms with Crippen LogP contribution < -0.4 is 5.32 Å². The molecule has 2 aromatic rings. The number of amides is 2. The van der Waals surface area contributed by atoms with Crippen molar-refractivity contribution in [3.8, 4) is 0 Å². The lowest BCUT2D eigenvalue weighted by molar-refractivity contribution is -0.141. The normalized spacial score (nSPS) is 15.3. The van der Waals surface area contributed by atoms with E-state index in [-0.39, 0.29) is 17.9 Å². The smallest absolute Gasteiger partial charge is 0.243 e. The van der Waals surface area contributed by atoms with E-state index in [1.165, 1.54) is 6.42 Å². The minimum atomic E-state index is -0.526. The van der Waals surface area contributed by atoms with Crippen molar-refractivity contribution in [3.63, 3.8) is 0 Å². The highest BCUT2D eigenvalue weighted by Crippen LogP contribution is 2.21. The van der Waals surface area contributed by atoms with Gasteiger partial charge >= 0.3 is 0 Å². The Balaban J connectivity index is 1.88. The lowest BCUT2D eigenvalue weighted by Crippen LogP contribution is -2.52. The van der Waals surface area contributed by atoms with E-state index in [0.717, 1.165) is 47.7 Å². The number of nitrogens with one attached hydrogen (secondary N) is 1. The Morgan fingerprint density at radius 3 is 2.42 bits per heavy atom. The van der Waals surface area contributed by atoms with Crippen LogP contribution in [0.2, 0.25) is 0 Å². The summed E-state index contributed by atoms with van der Waals surface area (Å²) in [7, 11) is 0. The minimum absolute atomic E-state index is 0.0298. The van der Waals surface area contributed by atoms with Crippen LogP contribution in [-0.2, 0) is 22.6 Å². The van der Waals surface area contributed by atoms with E-state index in [4.69, 9.17) is 0 Å². The van der Waals surface area contributed by atoms with Gasteiger partial charge in [-0.25, -0.2) is 0 Å². The van der Waals surface area contributed by atoms with Crippen LogP contribution in [0.5, 0.6) is 0 Å². The second-order valence-corrected chi connectivity index (χ2v) is 9.37. The molecule has 5 heteroatoms. The van der Waals surface area contributed by atoms with E-state index in [1.807, 2.05) is 61.5 Å². The zero-order valence-corrected chi connectivity index (χ0v) is 19.9. The number of rotatable bonds is 9. The fourth-order valence-corrected chi connectivity index (χ4v) is 4.73. The molecule has 31 heavy (non-hydrogen) atoms. The molecule has 1 atom stereocenters. The molecule has 0 heterocycles. The Bertz CT molecular complexity index is 849. The molecule has 0 aromatic heterocycles. The molecule has 1 saturated carbocycles. The number of nitrogens with zero attached hydrogens (tertiary/aromatic N) is 1. The second kappa shape index (κ2) is 12.0. The number of hydrogen-bond donors (Lipinski definition) is 1. The van der Waals surface area contributed by atoms with Gasteiger partial charge in [0.1, 0.15) is 6.04 Å². The number of carbonyl (C=O) groups excluding carboxylic acids is 2. The van der Waals surface area contributed by atoms with Crippen LogP contribution in [0, 0.1) is 0 Å². The Morgan fingerprint density at radius 2 is 1.74 bits per heavy atom. The van der Waals surface area contributed by atoms with Gasteiger partial charge in [0.25, 0.3) is 0 Å². The fraction of sp³-hybridized carbons (Fsp3) is 0.462. The summed E-state index contributed by atoms with van der Waals surface area (Å²) in [5.41, 5.74) is 2.08. The maximum absolute atomic E-state index is 13.5. The van der Waals surface area contributed by atoms with Gasteiger partial charge in [-0.05, 0) is 42.5 Å².